The van der Waals surface area contributed by atoms with Gasteiger partial charge in [0, 0.05) is 30.4 Å². The first-order valence-electron chi connectivity index (χ1n) is 3.80. The Balaban J connectivity index is 2.33. The van der Waals surface area contributed by atoms with Gasteiger partial charge in [-0.2, -0.15) is 0 Å². The zero-order valence-corrected chi connectivity index (χ0v) is 6.83. The summed E-state index contributed by atoms with van der Waals surface area (Å²) in [7, 11) is 0. The predicted molar refractivity (Wildman–Crippen MR) is 45.1 cm³/mol. The molecule has 0 bridgehead atoms. The van der Waals surface area contributed by atoms with Gasteiger partial charge in [-0.15, -0.1) is 0 Å². The summed E-state index contributed by atoms with van der Waals surface area (Å²) in [6, 6.07) is 0. The van der Waals surface area contributed by atoms with Crippen LogP contribution in [0.1, 0.15) is 5.56 Å². The second-order valence-corrected chi connectivity index (χ2v) is 2.52. The monoisotopic (exact) mass is 176 g/mol. The molecule has 0 aromatic carbocycles. The molecule has 0 atom stereocenters. The van der Waals surface area contributed by atoms with Gasteiger partial charge in [0.15, 0.2) is 0 Å². The van der Waals surface area contributed by atoms with Crippen LogP contribution in [0.25, 0.3) is 5.95 Å². The molecule has 0 fully saturated rings. The molecule has 66 valence electrons. The Labute approximate surface area is 74.7 Å². The second kappa shape index (κ2) is 3.32. The SMILES string of the molecule is OCc1cnc(-n2ccnc2)nc1. The van der Waals surface area contributed by atoms with E-state index in [2.05, 4.69) is 15.0 Å². The normalized spacial score (nSPS) is 10.2. The highest BCUT2D eigenvalue weighted by atomic mass is 16.3. The third kappa shape index (κ3) is 1.54. The summed E-state index contributed by atoms with van der Waals surface area (Å²) >= 11 is 0. The number of imidazole rings is 1. The first-order chi connectivity index (χ1) is 6.40. The average Bonchev–Trinajstić information content (AvgIpc) is 2.71. The van der Waals surface area contributed by atoms with Crippen LogP contribution in [0.2, 0.25) is 0 Å². The number of nitrogens with zero attached hydrogens (tertiary/aromatic N) is 4. The first kappa shape index (κ1) is 7.88. The molecule has 0 spiro atoms. The number of aromatic nitrogens is 4. The molecule has 0 saturated carbocycles. The van der Waals surface area contributed by atoms with Gasteiger partial charge >= 0.3 is 0 Å². The largest absolute Gasteiger partial charge is 0.392 e. The van der Waals surface area contributed by atoms with Crippen molar-refractivity contribution in [2.24, 2.45) is 0 Å². The molecule has 2 aromatic heterocycles. The van der Waals surface area contributed by atoms with Crippen molar-refractivity contribution in [1.29, 1.82) is 0 Å². The fourth-order valence-electron chi connectivity index (χ4n) is 0.940. The Morgan fingerprint density at radius 2 is 2.08 bits per heavy atom. The lowest BCUT2D eigenvalue weighted by Crippen LogP contribution is -1.99. The van der Waals surface area contributed by atoms with E-state index in [4.69, 9.17) is 5.11 Å². The Kier molecular flexibility index (Phi) is 2.01. The lowest BCUT2D eigenvalue weighted by molar-refractivity contribution is 0.281. The predicted octanol–water partition coefficient (Wildman–Crippen LogP) is 0.155. The van der Waals surface area contributed by atoms with E-state index < -0.39 is 0 Å². The van der Waals surface area contributed by atoms with Crippen LogP contribution >= 0.6 is 0 Å². The van der Waals surface area contributed by atoms with Gasteiger partial charge in [0.25, 0.3) is 0 Å². The van der Waals surface area contributed by atoms with Crippen LogP contribution in [0.15, 0.2) is 31.1 Å². The molecular weight excluding hydrogens is 168 g/mol. The summed E-state index contributed by atoms with van der Waals surface area (Å²) in [6.45, 7) is -0.0375. The van der Waals surface area contributed by atoms with Crippen LogP contribution in [0, 0.1) is 0 Å². The minimum absolute atomic E-state index is 0.0375. The van der Waals surface area contributed by atoms with Crippen molar-refractivity contribution in [2.45, 2.75) is 6.61 Å². The Hall–Kier alpha value is -1.75. The molecule has 1 N–H and O–H groups in total. The van der Waals surface area contributed by atoms with E-state index >= 15 is 0 Å². The molecule has 2 rings (SSSR count). The van der Waals surface area contributed by atoms with Gasteiger partial charge in [-0.25, -0.2) is 15.0 Å². The van der Waals surface area contributed by atoms with Crippen LogP contribution in [0.5, 0.6) is 0 Å². The second-order valence-electron chi connectivity index (χ2n) is 2.52. The lowest BCUT2D eigenvalue weighted by atomic mass is 10.4. The topological polar surface area (TPSA) is 63.8 Å². The van der Waals surface area contributed by atoms with Crippen molar-refractivity contribution in [3.05, 3.63) is 36.7 Å². The Morgan fingerprint density at radius 1 is 1.31 bits per heavy atom. The van der Waals surface area contributed by atoms with Gasteiger partial charge in [-0.3, -0.25) is 4.57 Å². The fraction of sp³-hybridized carbons (Fsp3) is 0.125. The number of aliphatic hydroxyl groups excluding tert-OH is 1. The minimum atomic E-state index is -0.0375. The highest BCUT2D eigenvalue weighted by Crippen LogP contribution is 2.00. The number of aliphatic hydroxyl groups is 1. The molecule has 0 amide bonds. The number of rotatable bonds is 2. The third-order valence-corrected chi connectivity index (χ3v) is 1.61. The van der Waals surface area contributed by atoms with Crippen molar-refractivity contribution in [2.75, 3.05) is 0 Å². The van der Waals surface area contributed by atoms with Crippen molar-refractivity contribution >= 4 is 0 Å². The van der Waals surface area contributed by atoms with Crippen LogP contribution < -0.4 is 0 Å². The van der Waals surface area contributed by atoms with E-state index in [1.165, 1.54) is 0 Å². The molecule has 0 aliphatic rings. The Bertz CT molecular complexity index is 368. The van der Waals surface area contributed by atoms with Crippen molar-refractivity contribution < 1.29 is 5.11 Å². The lowest BCUT2D eigenvalue weighted by Gasteiger charge is -1.99. The highest BCUT2D eigenvalue weighted by Gasteiger charge is 1.97. The van der Waals surface area contributed by atoms with Crippen LogP contribution in [-0.4, -0.2) is 24.6 Å². The van der Waals surface area contributed by atoms with Gasteiger partial charge < -0.3 is 5.11 Å². The average molecular weight is 176 g/mol. The number of hydrogen-bond acceptors (Lipinski definition) is 4. The van der Waals surface area contributed by atoms with E-state index in [9.17, 15) is 0 Å². The summed E-state index contributed by atoms with van der Waals surface area (Å²) < 4.78 is 1.70. The summed E-state index contributed by atoms with van der Waals surface area (Å²) in [4.78, 5) is 12.0. The van der Waals surface area contributed by atoms with Crippen molar-refractivity contribution in [1.82, 2.24) is 19.5 Å². The van der Waals surface area contributed by atoms with Crippen LogP contribution in [0.3, 0.4) is 0 Å². The molecule has 2 heterocycles. The van der Waals surface area contributed by atoms with Gasteiger partial charge in [0.1, 0.15) is 6.33 Å². The fourth-order valence-corrected chi connectivity index (χ4v) is 0.940. The summed E-state index contributed by atoms with van der Waals surface area (Å²) in [5.41, 5.74) is 0.698. The maximum absolute atomic E-state index is 8.76. The molecular formula is C8H8N4O. The van der Waals surface area contributed by atoms with Gasteiger partial charge in [-0.1, -0.05) is 0 Å². The van der Waals surface area contributed by atoms with Crippen molar-refractivity contribution in [3.63, 3.8) is 0 Å². The van der Waals surface area contributed by atoms with Gasteiger partial charge in [0.05, 0.1) is 6.61 Å². The minimum Gasteiger partial charge on any atom is -0.392 e. The molecule has 5 heteroatoms. The summed E-state index contributed by atoms with van der Waals surface area (Å²) in [6.07, 6.45) is 8.20. The molecule has 0 saturated heterocycles. The van der Waals surface area contributed by atoms with Gasteiger partial charge in [0.2, 0.25) is 5.95 Å². The highest BCUT2D eigenvalue weighted by molar-refractivity contribution is 5.13. The summed E-state index contributed by atoms with van der Waals surface area (Å²) in [5.74, 6) is 0.551. The van der Waals surface area contributed by atoms with Crippen molar-refractivity contribution in [3.8, 4) is 5.95 Å². The zero-order chi connectivity index (χ0) is 9.10. The quantitative estimate of drug-likeness (QED) is 0.707. The maximum atomic E-state index is 8.76. The molecule has 0 radical (unpaired) electrons. The molecule has 2 aromatic rings. The van der Waals surface area contributed by atoms with E-state index in [0.29, 0.717) is 11.5 Å². The smallest absolute Gasteiger partial charge is 0.234 e. The molecule has 5 nitrogen and oxygen atoms in total. The van der Waals surface area contributed by atoms with Crippen LogP contribution in [-0.2, 0) is 6.61 Å². The molecule has 0 aliphatic heterocycles. The van der Waals surface area contributed by atoms with E-state index in [-0.39, 0.29) is 6.61 Å². The van der Waals surface area contributed by atoms with Gasteiger partial charge in [-0.05, 0) is 0 Å². The molecule has 0 aliphatic carbocycles. The molecule has 0 unspecified atom stereocenters. The summed E-state index contributed by atoms with van der Waals surface area (Å²) in [5, 5.41) is 8.76. The van der Waals surface area contributed by atoms with E-state index in [0.717, 1.165) is 0 Å². The van der Waals surface area contributed by atoms with E-state index in [1.807, 2.05) is 0 Å². The zero-order valence-electron chi connectivity index (χ0n) is 6.83. The third-order valence-electron chi connectivity index (χ3n) is 1.61. The first-order valence-corrected chi connectivity index (χ1v) is 3.80. The van der Waals surface area contributed by atoms with Crippen LogP contribution in [0.4, 0.5) is 0 Å². The number of hydrogen-bond donors (Lipinski definition) is 1. The van der Waals surface area contributed by atoms with E-state index in [1.54, 1.807) is 35.7 Å². The maximum Gasteiger partial charge on any atom is 0.234 e. The standard InChI is InChI=1S/C8H8N4O/c13-5-7-3-10-8(11-4-7)12-2-1-9-6-12/h1-4,6,13H,5H2. The molecule has 13 heavy (non-hydrogen) atoms. The Morgan fingerprint density at radius 3 is 2.62 bits per heavy atom.